The molecule has 0 radical (unpaired) electrons. The number of benzene rings is 1. The number of carboxylic acids is 1. The Kier molecular flexibility index (Phi) is 6.02. The first-order valence-electron chi connectivity index (χ1n) is 12.4. The molecule has 1 aromatic carbocycles. The number of aliphatic hydroxyl groups is 3. The molecule has 0 saturated carbocycles. The summed E-state index contributed by atoms with van der Waals surface area (Å²) in [5.41, 5.74) is 1.43. The lowest BCUT2D eigenvalue weighted by atomic mass is 9.71. The molecule has 0 amide bonds. The number of aromatic amines is 1. The van der Waals surface area contributed by atoms with Gasteiger partial charge >= 0.3 is 11.9 Å². The van der Waals surface area contributed by atoms with Gasteiger partial charge in [0.1, 0.15) is 24.4 Å². The van der Waals surface area contributed by atoms with E-state index in [-0.39, 0.29) is 36.2 Å². The number of hydrogen-bond donors (Lipinski definition) is 5. The number of esters is 1. The Morgan fingerprint density at radius 3 is 2.42 bits per heavy atom. The lowest BCUT2D eigenvalue weighted by Crippen LogP contribution is -2.67. The number of fused-ring (bicyclic) bond motifs is 2. The maximum absolute atomic E-state index is 12.9. The van der Waals surface area contributed by atoms with Crippen LogP contribution in [0.2, 0.25) is 0 Å². The number of carboxylic acid groups (broad SMARTS) is 1. The van der Waals surface area contributed by atoms with Crippen molar-refractivity contribution in [3.63, 3.8) is 0 Å². The summed E-state index contributed by atoms with van der Waals surface area (Å²) in [7, 11) is 0. The van der Waals surface area contributed by atoms with E-state index in [9.17, 15) is 30.0 Å². The fraction of sp³-hybridized carbons (Fsp3) is 0.600. The van der Waals surface area contributed by atoms with E-state index in [1.165, 1.54) is 0 Å². The molecular formula is C25H30N2O9. The highest BCUT2D eigenvalue weighted by Gasteiger charge is 2.53. The number of H-pyrrole nitrogens is 1. The average molecular weight is 503 g/mol. The van der Waals surface area contributed by atoms with Crippen LogP contribution in [-0.4, -0.2) is 104 Å². The van der Waals surface area contributed by atoms with E-state index >= 15 is 0 Å². The molecule has 5 aliphatic heterocycles. The Morgan fingerprint density at radius 2 is 1.72 bits per heavy atom. The number of nitrogens with zero attached hydrogens (tertiary/aromatic N) is 1. The SMILES string of the molecule is O=C(OC1C[C@@H]2CC3C[C@H](C1)N2C[C@H]3O[C@@H]1O[C@H](C(=O)O)[C@@H](O)[C@H](O)[C@H]1O)c1c[nH]c2ccccc12. The second kappa shape index (κ2) is 9.09. The maximum Gasteiger partial charge on any atom is 0.340 e. The molecule has 5 saturated heterocycles. The molecule has 11 heteroatoms. The monoisotopic (exact) mass is 502 g/mol. The number of nitrogens with one attached hydrogen (secondary N) is 1. The number of aliphatic hydroxyl groups excluding tert-OH is 3. The second-order valence-electron chi connectivity index (χ2n) is 10.4. The Labute approximate surface area is 206 Å². The molecule has 1 aromatic heterocycles. The highest BCUT2D eigenvalue weighted by Crippen LogP contribution is 2.45. The summed E-state index contributed by atoms with van der Waals surface area (Å²) in [5.74, 6) is -1.59. The van der Waals surface area contributed by atoms with Gasteiger partial charge in [-0.1, -0.05) is 18.2 Å². The van der Waals surface area contributed by atoms with E-state index in [4.69, 9.17) is 14.2 Å². The first kappa shape index (κ1) is 23.8. The van der Waals surface area contributed by atoms with Gasteiger partial charge in [-0.15, -0.1) is 0 Å². The van der Waals surface area contributed by atoms with Crippen LogP contribution in [0.25, 0.3) is 10.9 Å². The Morgan fingerprint density at radius 1 is 1.00 bits per heavy atom. The van der Waals surface area contributed by atoms with Gasteiger partial charge in [0.2, 0.25) is 0 Å². The first-order valence-corrected chi connectivity index (χ1v) is 12.4. The average Bonchev–Trinajstić information content (AvgIpc) is 3.28. The zero-order valence-corrected chi connectivity index (χ0v) is 19.5. The number of ether oxygens (including phenoxy) is 3. The van der Waals surface area contributed by atoms with Crippen molar-refractivity contribution >= 4 is 22.8 Å². The second-order valence-corrected chi connectivity index (χ2v) is 10.4. The third-order valence-electron chi connectivity index (χ3n) is 8.28. The van der Waals surface area contributed by atoms with E-state index in [1.54, 1.807) is 6.20 Å². The summed E-state index contributed by atoms with van der Waals surface area (Å²) in [6, 6.07) is 8.09. The molecule has 0 aliphatic carbocycles. The van der Waals surface area contributed by atoms with Crippen molar-refractivity contribution in [2.45, 2.75) is 80.7 Å². The first-order chi connectivity index (χ1) is 17.3. The topological polar surface area (TPSA) is 162 Å². The van der Waals surface area contributed by atoms with Gasteiger partial charge in [-0.3, -0.25) is 4.90 Å². The van der Waals surface area contributed by atoms with Crippen molar-refractivity contribution in [1.29, 1.82) is 0 Å². The lowest BCUT2D eigenvalue weighted by molar-refractivity contribution is -0.317. The highest BCUT2D eigenvalue weighted by molar-refractivity contribution is 6.04. The number of para-hydroxylation sites is 1. The third kappa shape index (κ3) is 4.00. The number of carbonyl (C=O) groups excluding carboxylic acids is 1. The van der Waals surface area contributed by atoms with Crippen molar-refractivity contribution in [3.8, 4) is 0 Å². The van der Waals surface area contributed by atoms with Gasteiger partial charge in [0.05, 0.1) is 11.7 Å². The number of aliphatic carboxylic acids is 1. The molecule has 7 rings (SSSR count). The van der Waals surface area contributed by atoms with Crippen LogP contribution in [0.4, 0.5) is 0 Å². The Balaban J connectivity index is 1.08. The van der Waals surface area contributed by atoms with Crippen LogP contribution in [0.1, 0.15) is 36.0 Å². The summed E-state index contributed by atoms with van der Waals surface area (Å²) < 4.78 is 17.2. The van der Waals surface area contributed by atoms with Crippen molar-refractivity contribution in [1.82, 2.24) is 9.88 Å². The van der Waals surface area contributed by atoms with Crippen molar-refractivity contribution < 1.29 is 44.2 Å². The predicted molar refractivity (Wildman–Crippen MR) is 123 cm³/mol. The van der Waals surface area contributed by atoms with E-state index in [0.29, 0.717) is 12.1 Å². The van der Waals surface area contributed by atoms with E-state index in [2.05, 4.69) is 9.88 Å². The zero-order valence-electron chi connectivity index (χ0n) is 19.5. The lowest BCUT2D eigenvalue weighted by Gasteiger charge is -2.58. The fourth-order valence-corrected chi connectivity index (χ4v) is 6.53. The molecule has 2 aromatic rings. The molecule has 36 heavy (non-hydrogen) atoms. The zero-order chi connectivity index (χ0) is 25.1. The van der Waals surface area contributed by atoms with Crippen LogP contribution < -0.4 is 0 Å². The summed E-state index contributed by atoms with van der Waals surface area (Å²) in [6.45, 7) is 0.575. The molecule has 5 N–H and O–H groups in total. The largest absolute Gasteiger partial charge is 0.479 e. The summed E-state index contributed by atoms with van der Waals surface area (Å²) >= 11 is 0. The van der Waals surface area contributed by atoms with Crippen molar-refractivity contribution in [2.24, 2.45) is 5.92 Å². The van der Waals surface area contributed by atoms with Crippen LogP contribution in [0.15, 0.2) is 30.5 Å². The van der Waals surface area contributed by atoms with Gasteiger partial charge in [-0.05, 0) is 24.8 Å². The molecule has 4 bridgehead atoms. The molecule has 5 aliphatic rings. The molecule has 6 heterocycles. The minimum Gasteiger partial charge on any atom is -0.479 e. The normalized spacial score (nSPS) is 41.8. The summed E-state index contributed by atoms with van der Waals surface area (Å²) in [5, 5.41) is 40.4. The van der Waals surface area contributed by atoms with E-state index in [0.717, 1.165) is 36.6 Å². The maximum atomic E-state index is 12.9. The van der Waals surface area contributed by atoms with Crippen LogP contribution in [0.3, 0.4) is 0 Å². The highest BCUT2D eigenvalue weighted by atomic mass is 16.7. The van der Waals surface area contributed by atoms with Gasteiger partial charge in [-0.2, -0.15) is 0 Å². The molecule has 11 atom stereocenters. The van der Waals surface area contributed by atoms with Gasteiger partial charge in [-0.25, -0.2) is 9.59 Å². The minimum atomic E-state index is -1.74. The van der Waals surface area contributed by atoms with Crippen molar-refractivity contribution in [2.75, 3.05) is 6.54 Å². The quantitative estimate of drug-likeness (QED) is 0.358. The summed E-state index contributed by atoms with van der Waals surface area (Å²) in [6.07, 6.45) is -3.71. The smallest absolute Gasteiger partial charge is 0.340 e. The Hall–Kier alpha value is -2.54. The van der Waals surface area contributed by atoms with E-state index < -0.39 is 36.7 Å². The predicted octanol–water partition coefficient (Wildman–Crippen LogP) is 0.227. The fourth-order valence-electron chi connectivity index (χ4n) is 6.53. The molecular weight excluding hydrogens is 472 g/mol. The number of aromatic nitrogens is 1. The molecule has 3 unspecified atom stereocenters. The number of rotatable bonds is 5. The van der Waals surface area contributed by atoms with E-state index in [1.807, 2.05) is 24.3 Å². The van der Waals surface area contributed by atoms with Gasteiger partial charge < -0.3 is 39.6 Å². The van der Waals surface area contributed by atoms with Crippen LogP contribution in [0.5, 0.6) is 0 Å². The molecule has 0 spiro atoms. The molecule has 5 fully saturated rings. The standard InChI is InChI=1S/C25H30N2O9/c28-19-20(29)22(23(31)32)36-25(21(19)30)35-18-10-27-12-5-11(18)6-13(27)8-14(7-12)34-24(33)16-9-26-17-4-2-1-3-15(16)17/h1-4,9,11-14,18-22,25-26,28-30H,5-8,10H2,(H,31,32)/t11?,12-,13+,14?,18-,19+,20+,21-,22+,25-/m1/s1. The molecule has 11 nitrogen and oxygen atoms in total. The molecule has 194 valence electrons. The van der Waals surface area contributed by atoms with Gasteiger partial charge in [0.25, 0.3) is 0 Å². The minimum absolute atomic E-state index is 0.165. The number of piperidine rings is 4. The van der Waals surface area contributed by atoms with Crippen molar-refractivity contribution in [3.05, 3.63) is 36.0 Å². The van der Waals surface area contributed by atoms with Crippen LogP contribution in [-0.2, 0) is 19.0 Å². The Bertz CT molecular complexity index is 1140. The summed E-state index contributed by atoms with van der Waals surface area (Å²) in [4.78, 5) is 29.7. The van der Waals surface area contributed by atoms with Crippen LogP contribution in [0, 0.1) is 5.92 Å². The van der Waals surface area contributed by atoms with Crippen LogP contribution >= 0.6 is 0 Å². The van der Waals surface area contributed by atoms with Gasteiger partial charge in [0.15, 0.2) is 12.4 Å². The third-order valence-corrected chi connectivity index (χ3v) is 8.28. The van der Waals surface area contributed by atoms with Gasteiger partial charge in [0, 0.05) is 48.6 Å². The number of hydrogen-bond acceptors (Lipinski definition) is 9. The number of carbonyl (C=O) groups is 2.